The van der Waals surface area contributed by atoms with Crippen LogP contribution < -0.4 is 15.2 Å². The fourth-order valence-corrected chi connectivity index (χ4v) is 1.81. The van der Waals surface area contributed by atoms with Gasteiger partial charge in [0.1, 0.15) is 5.75 Å². The summed E-state index contributed by atoms with van der Waals surface area (Å²) in [5.41, 5.74) is 6.74. The molecular weight excluding hydrogens is 268 g/mol. The topological polar surface area (TPSA) is 83.2 Å². The Morgan fingerprint density at radius 1 is 0.952 bits per heavy atom. The van der Waals surface area contributed by atoms with Crippen molar-refractivity contribution in [2.24, 2.45) is 0 Å². The molecule has 0 spiro atoms. The van der Waals surface area contributed by atoms with Crippen molar-refractivity contribution in [2.45, 2.75) is 39.7 Å². The van der Waals surface area contributed by atoms with E-state index in [0.29, 0.717) is 11.7 Å². The molecule has 112 valence electrons. The van der Waals surface area contributed by atoms with E-state index in [1.54, 1.807) is 0 Å². The Morgan fingerprint density at radius 3 is 2.29 bits per heavy atom. The molecule has 0 saturated heterocycles. The van der Waals surface area contributed by atoms with E-state index in [1.165, 1.54) is 0 Å². The van der Waals surface area contributed by atoms with E-state index in [0.717, 1.165) is 5.56 Å². The van der Waals surface area contributed by atoms with Gasteiger partial charge in [-0.05, 0) is 31.4 Å². The Hall–Kier alpha value is -2.37. The predicted molar refractivity (Wildman–Crippen MR) is 80.6 cm³/mol. The van der Waals surface area contributed by atoms with Crippen molar-refractivity contribution in [3.8, 4) is 17.8 Å². The molecule has 0 unspecified atom stereocenters. The molecule has 0 bridgehead atoms. The highest BCUT2D eigenvalue weighted by atomic mass is 16.5. The highest BCUT2D eigenvalue weighted by Crippen LogP contribution is 2.29. The zero-order valence-corrected chi connectivity index (χ0v) is 12.7. The molecule has 0 aliphatic rings. The minimum absolute atomic E-state index is 0.0531. The highest BCUT2D eigenvalue weighted by molar-refractivity contribution is 5.37. The van der Waals surface area contributed by atoms with Gasteiger partial charge in [0.05, 0.1) is 6.10 Å². The Balaban J connectivity index is 2.29. The smallest absolute Gasteiger partial charge is 0.330 e. The van der Waals surface area contributed by atoms with Gasteiger partial charge < -0.3 is 15.2 Å². The van der Waals surface area contributed by atoms with Crippen LogP contribution in [0.5, 0.6) is 17.8 Å². The minimum Gasteiger partial charge on any atom is -0.461 e. The van der Waals surface area contributed by atoms with E-state index in [9.17, 15) is 0 Å². The van der Waals surface area contributed by atoms with Gasteiger partial charge in [0.15, 0.2) is 0 Å². The lowest BCUT2D eigenvalue weighted by Crippen LogP contribution is -2.11. The SMILES string of the molecule is CC(C)Oc1nc(N)nc(Oc2ccccc2C(C)C)n1. The van der Waals surface area contributed by atoms with E-state index in [-0.39, 0.29) is 24.1 Å². The third-order valence-corrected chi connectivity index (χ3v) is 2.70. The first-order valence-corrected chi connectivity index (χ1v) is 6.90. The molecule has 0 saturated carbocycles. The van der Waals surface area contributed by atoms with Crippen molar-refractivity contribution in [3.63, 3.8) is 0 Å². The number of nitrogens with zero attached hydrogens (tertiary/aromatic N) is 3. The fourth-order valence-electron chi connectivity index (χ4n) is 1.81. The van der Waals surface area contributed by atoms with Gasteiger partial charge in [0, 0.05) is 0 Å². The van der Waals surface area contributed by atoms with Crippen LogP contribution in [-0.4, -0.2) is 21.1 Å². The monoisotopic (exact) mass is 288 g/mol. The van der Waals surface area contributed by atoms with Crippen molar-refractivity contribution < 1.29 is 9.47 Å². The Morgan fingerprint density at radius 2 is 1.62 bits per heavy atom. The van der Waals surface area contributed by atoms with Gasteiger partial charge in [-0.2, -0.15) is 9.97 Å². The Labute approximate surface area is 124 Å². The lowest BCUT2D eigenvalue weighted by atomic mass is 10.0. The maximum Gasteiger partial charge on any atom is 0.330 e. The lowest BCUT2D eigenvalue weighted by Gasteiger charge is -2.13. The van der Waals surface area contributed by atoms with Crippen LogP contribution >= 0.6 is 0 Å². The average molecular weight is 288 g/mol. The summed E-state index contributed by atoms with van der Waals surface area (Å²) in [4.78, 5) is 12.0. The number of aromatic nitrogens is 3. The molecule has 0 fully saturated rings. The van der Waals surface area contributed by atoms with Crippen LogP contribution in [0.25, 0.3) is 0 Å². The zero-order valence-electron chi connectivity index (χ0n) is 12.7. The number of nitrogens with two attached hydrogens (primary N) is 1. The molecule has 2 aromatic rings. The predicted octanol–water partition coefficient (Wildman–Crippen LogP) is 3.16. The highest BCUT2D eigenvalue weighted by Gasteiger charge is 2.12. The fraction of sp³-hybridized carbons (Fsp3) is 0.400. The van der Waals surface area contributed by atoms with Crippen LogP contribution in [0.3, 0.4) is 0 Å². The number of nitrogen functional groups attached to an aromatic ring is 1. The Bertz CT molecular complexity index is 614. The van der Waals surface area contributed by atoms with Crippen molar-refractivity contribution in [3.05, 3.63) is 29.8 Å². The second-order valence-corrected chi connectivity index (χ2v) is 5.22. The molecule has 21 heavy (non-hydrogen) atoms. The van der Waals surface area contributed by atoms with Gasteiger partial charge >= 0.3 is 12.0 Å². The first-order valence-electron chi connectivity index (χ1n) is 6.90. The molecule has 0 atom stereocenters. The molecule has 1 aromatic heterocycles. The maximum absolute atomic E-state index is 5.75. The standard InChI is InChI=1S/C15H20N4O2/c1-9(2)11-7-5-6-8-12(11)21-15-18-13(16)17-14(19-15)20-10(3)4/h5-10H,1-4H3,(H2,16,17,18,19). The quantitative estimate of drug-likeness (QED) is 0.909. The molecule has 2 N–H and O–H groups in total. The molecule has 2 rings (SSSR count). The zero-order chi connectivity index (χ0) is 15.4. The summed E-state index contributed by atoms with van der Waals surface area (Å²) >= 11 is 0. The molecule has 0 aliphatic heterocycles. The number of benzene rings is 1. The van der Waals surface area contributed by atoms with Crippen LogP contribution in [0.4, 0.5) is 5.95 Å². The van der Waals surface area contributed by atoms with Gasteiger partial charge in [-0.3, -0.25) is 0 Å². The van der Waals surface area contributed by atoms with E-state index in [1.807, 2.05) is 38.1 Å². The second kappa shape index (κ2) is 6.39. The third kappa shape index (κ3) is 4.05. The van der Waals surface area contributed by atoms with Crippen molar-refractivity contribution in [1.29, 1.82) is 0 Å². The van der Waals surface area contributed by atoms with Crippen molar-refractivity contribution >= 4 is 5.95 Å². The number of para-hydroxylation sites is 1. The summed E-state index contributed by atoms with van der Waals surface area (Å²) in [6.07, 6.45) is -0.0531. The first-order chi connectivity index (χ1) is 9.95. The van der Waals surface area contributed by atoms with Crippen molar-refractivity contribution in [1.82, 2.24) is 15.0 Å². The summed E-state index contributed by atoms with van der Waals surface area (Å²) in [5, 5.41) is 0. The van der Waals surface area contributed by atoms with Crippen LogP contribution in [0.2, 0.25) is 0 Å². The summed E-state index contributed by atoms with van der Waals surface area (Å²) < 4.78 is 11.2. The Kier molecular flexibility index (Phi) is 4.57. The van der Waals surface area contributed by atoms with E-state index in [4.69, 9.17) is 15.2 Å². The summed E-state index contributed by atoms with van der Waals surface area (Å²) in [7, 11) is 0. The van der Waals surface area contributed by atoms with Crippen molar-refractivity contribution in [2.75, 3.05) is 5.73 Å². The molecule has 0 amide bonds. The minimum atomic E-state index is -0.0531. The number of hydrogen-bond donors (Lipinski definition) is 1. The molecule has 1 aromatic carbocycles. The van der Waals surface area contributed by atoms with Gasteiger partial charge in [0.25, 0.3) is 0 Å². The molecule has 1 heterocycles. The van der Waals surface area contributed by atoms with E-state index >= 15 is 0 Å². The largest absolute Gasteiger partial charge is 0.461 e. The maximum atomic E-state index is 5.75. The van der Waals surface area contributed by atoms with Crippen LogP contribution in [0.15, 0.2) is 24.3 Å². The first kappa shape index (κ1) is 15.0. The normalized spacial score (nSPS) is 11.0. The van der Waals surface area contributed by atoms with Gasteiger partial charge in [-0.1, -0.05) is 32.0 Å². The molecule has 6 nitrogen and oxygen atoms in total. The molecule has 0 aliphatic carbocycles. The summed E-state index contributed by atoms with van der Waals surface area (Å²) in [6, 6.07) is 8.05. The summed E-state index contributed by atoms with van der Waals surface area (Å²) in [6.45, 7) is 7.96. The van der Waals surface area contributed by atoms with Crippen LogP contribution in [0, 0.1) is 0 Å². The second-order valence-electron chi connectivity index (χ2n) is 5.22. The van der Waals surface area contributed by atoms with E-state index in [2.05, 4.69) is 28.8 Å². The van der Waals surface area contributed by atoms with Crippen LogP contribution in [0.1, 0.15) is 39.2 Å². The average Bonchev–Trinajstić information content (AvgIpc) is 2.37. The number of anilines is 1. The number of rotatable bonds is 5. The number of ether oxygens (including phenoxy) is 2. The van der Waals surface area contributed by atoms with Gasteiger partial charge in [0.2, 0.25) is 5.95 Å². The van der Waals surface area contributed by atoms with Gasteiger partial charge in [-0.25, -0.2) is 0 Å². The molecular formula is C15H20N4O2. The number of hydrogen-bond acceptors (Lipinski definition) is 6. The van der Waals surface area contributed by atoms with E-state index < -0.39 is 0 Å². The third-order valence-electron chi connectivity index (χ3n) is 2.70. The molecule has 0 radical (unpaired) electrons. The summed E-state index contributed by atoms with van der Waals surface area (Å²) in [5.74, 6) is 1.10. The lowest BCUT2D eigenvalue weighted by molar-refractivity contribution is 0.218. The van der Waals surface area contributed by atoms with Gasteiger partial charge in [-0.15, -0.1) is 4.98 Å². The molecule has 6 heteroatoms. The van der Waals surface area contributed by atoms with Crippen LogP contribution in [-0.2, 0) is 0 Å².